The molecule has 3 nitrogen and oxygen atoms in total. The van der Waals surface area contributed by atoms with E-state index in [2.05, 4.69) is 6.58 Å². The standard InChI is InChI=1S/C17H17NO2/c1-3-16(18)15-11-14(19-2)9-10-17(15)20-12-13-7-5-4-6-8-13/h3-11,18H,1,12H2,2H3. The van der Waals surface area contributed by atoms with E-state index in [4.69, 9.17) is 14.9 Å². The van der Waals surface area contributed by atoms with E-state index >= 15 is 0 Å². The van der Waals surface area contributed by atoms with E-state index in [0.29, 0.717) is 29.4 Å². The van der Waals surface area contributed by atoms with Crippen LogP contribution < -0.4 is 9.47 Å². The van der Waals surface area contributed by atoms with Crippen molar-refractivity contribution in [1.82, 2.24) is 0 Å². The van der Waals surface area contributed by atoms with Crippen LogP contribution in [0.25, 0.3) is 0 Å². The largest absolute Gasteiger partial charge is 0.497 e. The molecule has 0 saturated carbocycles. The predicted octanol–water partition coefficient (Wildman–Crippen LogP) is 3.83. The van der Waals surface area contributed by atoms with E-state index in [1.54, 1.807) is 13.2 Å². The monoisotopic (exact) mass is 267 g/mol. The Morgan fingerprint density at radius 2 is 1.95 bits per heavy atom. The molecule has 0 aliphatic carbocycles. The number of methoxy groups -OCH3 is 1. The number of nitrogens with one attached hydrogen (secondary N) is 1. The maximum Gasteiger partial charge on any atom is 0.129 e. The minimum atomic E-state index is 0.312. The summed E-state index contributed by atoms with van der Waals surface area (Å²) in [7, 11) is 1.60. The van der Waals surface area contributed by atoms with Gasteiger partial charge in [0.2, 0.25) is 0 Å². The summed E-state index contributed by atoms with van der Waals surface area (Å²) in [6.07, 6.45) is 1.49. The predicted molar refractivity (Wildman–Crippen MR) is 80.8 cm³/mol. The number of hydrogen-bond donors (Lipinski definition) is 1. The molecule has 20 heavy (non-hydrogen) atoms. The number of ether oxygens (including phenoxy) is 2. The number of benzene rings is 2. The number of allylic oxidation sites excluding steroid dienone is 1. The van der Waals surface area contributed by atoms with E-state index in [9.17, 15) is 0 Å². The Morgan fingerprint density at radius 1 is 1.20 bits per heavy atom. The molecule has 0 unspecified atom stereocenters. The topological polar surface area (TPSA) is 42.3 Å². The van der Waals surface area contributed by atoms with Crippen LogP contribution in [0.4, 0.5) is 0 Å². The van der Waals surface area contributed by atoms with Gasteiger partial charge in [-0.15, -0.1) is 0 Å². The third kappa shape index (κ3) is 3.26. The van der Waals surface area contributed by atoms with Gasteiger partial charge in [0, 0.05) is 5.56 Å². The third-order valence-electron chi connectivity index (χ3n) is 2.92. The zero-order valence-corrected chi connectivity index (χ0v) is 11.4. The van der Waals surface area contributed by atoms with E-state index in [-0.39, 0.29) is 0 Å². The van der Waals surface area contributed by atoms with Gasteiger partial charge < -0.3 is 14.9 Å². The summed E-state index contributed by atoms with van der Waals surface area (Å²) < 4.78 is 11.0. The molecule has 1 N–H and O–H groups in total. The summed E-state index contributed by atoms with van der Waals surface area (Å²) in [5.74, 6) is 1.35. The average molecular weight is 267 g/mol. The highest BCUT2D eigenvalue weighted by molar-refractivity contribution is 6.08. The normalized spacial score (nSPS) is 9.85. The van der Waals surface area contributed by atoms with Crippen LogP contribution in [0.5, 0.6) is 11.5 Å². The first kappa shape index (κ1) is 13.9. The van der Waals surface area contributed by atoms with E-state index in [1.807, 2.05) is 42.5 Å². The molecular weight excluding hydrogens is 250 g/mol. The van der Waals surface area contributed by atoms with Gasteiger partial charge in [0.05, 0.1) is 12.8 Å². The Morgan fingerprint density at radius 3 is 2.60 bits per heavy atom. The van der Waals surface area contributed by atoms with Crippen molar-refractivity contribution in [3.63, 3.8) is 0 Å². The molecule has 102 valence electrons. The molecule has 0 aromatic heterocycles. The lowest BCUT2D eigenvalue weighted by molar-refractivity contribution is 0.305. The highest BCUT2D eigenvalue weighted by atomic mass is 16.5. The van der Waals surface area contributed by atoms with Crippen LogP contribution in [0.2, 0.25) is 0 Å². The molecule has 2 aromatic rings. The summed E-state index contributed by atoms with van der Waals surface area (Å²) in [5, 5.41) is 7.92. The van der Waals surface area contributed by atoms with E-state index in [0.717, 1.165) is 5.56 Å². The second-order valence-electron chi connectivity index (χ2n) is 4.25. The molecule has 2 aromatic carbocycles. The molecule has 0 radical (unpaired) electrons. The zero-order valence-electron chi connectivity index (χ0n) is 11.4. The summed E-state index contributed by atoms with van der Waals surface area (Å²) in [4.78, 5) is 0. The fourth-order valence-electron chi connectivity index (χ4n) is 1.82. The van der Waals surface area contributed by atoms with Crippen LogP contribution >= 0.6 is 0 Å². The van der Waals surface area contributed by atoms with Gasteiger partial charge in [0.1, 0.15) is 18.1 Å². The van der Waals surface area contributed by atoms with Crippen molar-refractivity contribution in [1.29, 1.82) is 5.41 Å². The minimum Gasteiger partial charge on any atom is -0.497 e. The lowest BCUT2D eigenvalue weighted by atomic mass is 10.1. The average Bonchev–Trinajstić information content (AvgIpc) is 2.53. The van der Waals surface area contributed by atoms with Crippen LogP contribution in [0.1, 0.15) is 11.1 Å². The molecule has 0 amide bonds. The Kier molecular flexibility index (Phi) is 4.56. The smallest absolute Gasteiger partial charge is 0.129 e. The van der Waals surface area contributed by atoms with Gasteiger partial charge in [0.15, 0.2) is 0 Å². The zero-order chi connectivity index (χ0) is 14.4. The van der Waals surface area contributed by atoms with Crippen molar-refractivity contribution in [2.45, 2.75) is 6.61 Å². The maximum absolute atomic E-state index is 7.92. The summed E-state index contributed by atoms with van der Waals surface area (Å²) in [5.41, 5.74) is 2.07. The first-order valence-electron chi connectivity index (χ1n) is 6.30. The molecule has 3 heteroatoms. The Hall–Kier alpha value is -2.55. The van der Waals surface area contributed by atoms with Gasteiger partial charge in [-0.05, 0) is 29.8 Å². The molecule has 0 aliphatic rings. The fraction of sp³-hybridized carbons (Fsp3) is 0.118. The Bertz CT molecular complexity index is 606. The first-order valence-corrected chi connectivity index (χ1v) is 6.30. The molecule has 0 bridgehead atoms. The van der Waals surface area contributed by atoms with Crippen molar-refractivity contribution in [3.05, 3.63) is 72.3 Å². The molecule has 0 heterocycles. The first-order chi connectivity index (χ1) is 9.74. The van der Waals surface area contributed by atoms with Crippen molar-refractivity contribution < 1.29 is 9.47 Å². The molecule has 0 saturated heterocycles. The molecule has 0 fully saturated rings. The highest BCUT2D eigenvalue weighted by Gasteiger charge is 2.09. The maximum atomic E-state index is 7.92. The van der Waals surface area contributed by atoms with Gasteiger partial charge in [-0.25, -0.2) is 0 Å². The van der Waals surface area contributed by atoms with Gasteiger partial charge >= 0.3 is 0 Å². The number of rotatable bonds is 6. The van der Waals surface area contributed by atoms with Crippen LogP contribution in [-0.4, -0.2) is 12.8 Å². The Labute approximate surface area is 119 Å². The summed E-state index contributed by atoms with van der Waals surface area (Å²) in [6.45, 7) is 4.09. The van der Waals surface area contributed by atoms with Gasteiger partial charge in [0.25, 0.3) is 0 Å². The third-order valence-corrected chi connectivity index (χ3v) is 2.92. The fourth-order valence-corrected chi connectivity index (χ4v) is 1.82. The second-order valence-corrected chi connectivity index (χ2v) is 4.25. The summed E-state index contributed by atoms with van der Waals surface area (Å²) >= 11 is 0. The Balaban J connectivity index is 2.22. The van der Waals surface area contributed by atoms with Crippen LogP contribution in [0.3, 0.4) is 0 Å². The molecule has 0 spiro atoms. The summed E-state index contributed by atoms with van der Waals surface area (Å²) in [6, 6.07) is 15.3. The van der Waals surface area contributed by atoms with E-state index in [1.165, 1.54) is 6.08 Å². The van der Waals surface area contributed by atoms with Crippen LogP contribution in [0, 0.1) is 5.41 Å². The lowest BCUT2D eigenvalue weighted by Crippen LogP contribution is -2.03. The van der Waals surface area contributed by atoms with Crippen LogP contribution in [-0.2, 0) is 6.61 Å². The number of hydrogen-bond acceptors (Lipinski definition) is 3. The molecule has 0 aliphatic heterocycles. The SMILES string of the molecule is C=CC(=N)c1cc(OC)ccc1OCc1ccccc1. The van der Waals surface area contributed by atoms with Crippen molar-refractivity contribution in [2.75, 3.05) is 7.11 Å². The molecule has 0 atom stereocenters. The minimum absolute atomic E-state index is 0.312. The van der Waals surface area contributed by atoms with Gasteiger partial charge in [-0.2, -0.15) is 0 Å². The highest BCUT2D eigenvalue weighted by Crippen LogP contribution is 2.25. The van der Waals surface area contributed by atoms with E-state index < -0.39 is 0 Å². The van der Waals surface area contributed by atoms with Crippen molar-refractivity contribution >= 4 is 5.71 Å². The molecule has 2 rings (SSSR count). The van der Waals surface area contributed by atoms with Gasteiger partial charge in [-0.1, -0.05) is 36.9 Å². The van der Waals surface area contributed by atoms with Crippen LogP contribution in [0.15, 0.2) is 61.2 Å². The quantitative estimate of drug-likeness (QED) is 0.808. The van der Waals surface area contributed by atoms with Crippen molar-refractivity contribution in [3.8, 4) is 11.5 Å². The van der Waals surface area contributed by atoms with Crippen molar-refractivity contribution in [2.24, 2.45) is 0 Å². The van der Waals surface area contributed by atoms with Gasteiger partial charge in [-0.3, -0.25) is 0 Å². The lowest BCUT2D eigenvalue weighted by Gasteiger charge is -2.12. The molecular formula is C17H17NO2. The second kappa shape index (κ2) is 6.57.